The lowest BCUT2D eigenvalue weighted by Gasteiger charge is -2.31. The highest BCUT2D eigenvalue weighted by Gasteiger charge is 2.57. The number of carbonyl (C=O) groups is 1. The van der Waals surface area contributed by atoms with Crippen molar-refractivity contribution in [3.63, 3.8) is 0 Å². The molecule has 218 valence electrons. The van der Waals surface area contributed by atoms with E-state index in [9.17, 15) is 14.5 Å². The predicted molar refractivity (Wildman–Crippen MR) is 144 cm³/mol. The summed E-state index contributed by atoms with van der Waals surface area (Å²) in [4.78, 5) is 25.1. The minimum atomic E-state index is -4.34. The zero-order valence-corrected chi connectivity index (χ0v) is 23.9. The van der Waals surface area contributed by atoms with E-state index in [0.29, 0.717) is 17.2 Å². The molecule has 1 aliphatic heterocycles. The first kappa shape index (κ1) is 30.1. The van der Waals surface area contributed by atoms with Crippen molar-refractivity contribution in [2.45, 2.75) is 50.9 Å². The van der Waals surface area contributed by atoms with Gasteiger partial charge in [-0.2, -0.15) is 5.09 Å². The number of aliphatic hydroxyl groups is 1. The minimum absolute atomic E-state index is 0.105. The zero-order valence-electron chi connectivity index (χ0n) is 22.3. The van der Waals surface area contributed by atoms with E-state index in [2.05, 4.69) is 25.4 Å². The molecule has 6 atom stereocenters. The molecule has 0 saturated carbocycles. The predicted octanol–water partition coefficient (Wildman–Crippen LogP) is 3.13. The Hall–Kier alpha value is -2.87. The Bertz CT molecular complexity index is 1380. The molecule has 3 heterocycles. The number of esters is 1. The van der Waals surface area contributed by atoms with Gasteiger partial charge in [0, 0.05) is 7.05 Å². The third kappa shape index (κ3) is 6.07. The lowest BCUT2D eigenvalue weighted by molar-refractivity contribution is -0.144. The van der Waals surface area contributed by atoms with Crippen LogP contribution in [0.1, 0.15) is 25.9 Å². The first-order valence-electron chi connectivity index (χ1n) is 12.4. The lowest BCUT2D eigenvalue weighted by atomic mass is 9.99. The van der Waals surface area contributed by atoms with Crippen molar-refractivity contribution >= 4 is 42.3 Å². The number of anilines is 1. The van der Waals surface area contributed by atoms with Crippen LogP contribution >= 0.6 is 19.3 Å². The van der Waals surface area contributed by atoms with Gasteiger partial charge >= 0.3 is 13.7 Å². The van der Waals surface area contributed by atoms with E-state index in [4.69, 9.17) is 30.1 Å². The van der Waals surface area contributed by atoms with E-state index in [1.54, 1.807) is 39.1 Å². The van der Waals surface area contributed by atoms with Gasteiger partial charge in [-0.3, -0.25) is 13.9 Å². The second-order valence-corrected chi connectivity index (χ2v) is 11.0. The number of para-hydroxylation sites is 1. The number of rotatable bonds is 12. The van der Waals surface area contributed by atoms with E-state index < -0.39 is 56.3 Å². The maximum atomic E-state index is 15.6. The summed E-state index contributed by atoms with van der Waals surface area (Å²) in [5, 5.41) is 16.4. The van der Waals surface area contributed by atoms with Crippen LogP contribution in [0.3, 0.4) is 0 Å². The van der Waals surface area contributed by atoms with Crippen LogP contribution in [-0.4, -0.2) is 80.7 Å². The second kappa shape index (κ2) is 12.3. The Labute approximate surface area is 234 Å². The molecule has 0 amide bonds. The highest BCUT2D eigenvalue weighted by molar-refractivity contribution is 7.52. The third-order valence-corrected chi connectivity index (χ3v) is 8.25. The number of benzene rings is 1. The van der Waals surface area contributed by atoms with Crippen molar-refractivity contribution in [1.29, 1.82) is 0 Å². The Kier molecular flexibility index (Phi) is 9.28. The van der Waals surface area contributed by atoms with Gasteiger partial charge in [0.15, 0.2) is 29.4 Å². The van der Waals surface area contributed by atoms with Gasteiger partial charge in [0.1, 0.15) is 29.3 Å². The number of carbonyl (C=O) groups excluding carboxylic acids is 1. The van der Waals surface area contributed by atoms with E-state index in [-0.39, 0.29) is 18.0 Å². The molecule has 0 aliphatic carbocycles. The number of imidazole rings is 1. The summed E-state index contributed by atoms with van der Waals surface area (Å²) in [6.07, 6.45) is -3.87. The molecule has 13 nitrogen and oxygen atoms in total. The fourth-order valence-electron chi connectivity index (χ4n) is 4.15. The van der Waals surface area contributed by atoms with Crippen LogP contribution in [0.4, 0.5) is 10.2 Å². The smallest absolute Gasteiger partial charge is 0.459 e. The maximum absolute atomic E-state index is 15.6. The van der Waals surface area contributed by atoms with Crippen molar-refractivity contribution in [1.82, 2.24) is 24.6 Å². The maximum Gasteiger partial charge on any atom is 0.459 e. The number of nitrogens with zero attached hydrogens (tertiary/aromatic N) is 4. The van der Waals surface area contributed by atoms with Crippen LogP contribution in [0.25, 0.3) is 11.2 Å². The molecule has 1 fully saturated rings. The van der Waals surface area contributed by atoms with E-state index >= 15 is 4.39 Å². The Morgan fingerprint density at radius 2 is 2.08 bits per heavy atom. The third-order valence-electron chi connectivity index (χ3n) is 6.18. The molecule has 0 bridgehead atoms. The monoisotopic (exact) mass is 600 g/mol. The largest absolute Gasteiger partial charge is 0.465 e. The van der Waals surface area contributed by atoms with Crippen molar-refractivity contribution in [2.24, 2.45) is 0 Å². The van der Waals surface area contributed by atoms with Gasteiger partial charge in [0.2, 0.25) is 0 Å². The normalized spacial score (nSPS) is 24.9. The minimum Gasteiger partial charge on any atom is -0.465 e. The van der Waals surface area contributed by atoms with E-state index in [1.165, 1.54) is 30.0 Å². The van der Waals surface area contributed by atoms with Crippen molar-refractivity contribution in [3.05, 3.63) is 42.5 Å². The first-order valence-corrected chi connectivity index (χ1v) is 14.5. The molecule has 3 aromatic rings. The molecule has 16 heteroatoms. The van der Waals surface area contributed by atoms with E-state index in [0.717, 1.165) is 0 Å². The molecule has 3 N–H and O–H groups in total. The van der Waals surface area contributed by atoms with Crippen LogP contribution in [-0.2, 0) is 23.4 Å². The fraction of sp³-hybridized carbons (Fsp3) is 0.500. The van der Waals surface area contributed by atoms with Gasteiger partial charge in [0.25, 0.3) is 0 Å². The highest BCUT2D eigenvalue weighted by Crippen LogP contribution is 2.49. The number of hydrogen-bond donors (Lipinski definition) is 3. The number of ether oxygens (including phenoxy) is 2. The lowest BCUT2D eigenvalue weighted by Crippen LogP contribution is -2.48. The molecule has 0 unspecified atom stereocenters. The van der Waals surface area contributed by atoms with Crippen LogP contribution < -0.4 is 14.9 Å². The van der Waals surface area contributed by atoms with Gasteiger partial charge < -0.3 is 24.4 Å². The first-order chi connectivity index (χ1) is 19.1. The summed E-state index contributed by atoms with van der Waals surface area (Å²) in [7, 11) is -2.67. The second-order valence-electron chi connectivity index (χ2n) is 9.07. The summed E-state index contributed by atoms with van der Waals surface area (Å²) in [5.41, 5.74) is -1.22. The molecular formula is C24H31ClFN6O7P. The van der Waals surface area contributed by atoms with Crippen LogP contribution in [0.5, 0.6) is 5.75 Å². The summed E-state index contributed by atoms with van der Waals surface area (Å²) in [5.74, 6) is -0.125. The van der Waals surface area contributed by atoms with Crippen molar-refractivity contribution < 1.29 is 37.4 Å². The fourth-order valence-corrected chi connectivity index (χ4v) is 5.99. The number of fused-ring (bicyclic) bond motifs is 1. The molecule has 0 spiro atoms. The number of aromatic nitrogens is 4. The summed E-state index contributed by atoms with van der Waals surface area (Å²) < 4.78 is 53.0. The Morgan fingerprint density at radius 1 is 1.35 bits per heavy atom. The van der Waals surface area contributed by atoms with E-state index in [1.807, 2.05) is 0 Å². The number of aryl methyl sites for hydroxylation is 1. The molecule has 2 aromatic heterocycles. The van der Waals surface area contributed by atoms with Gasteiger partial charge in [-0.1, -0.05) is 18.2 Å². The van der Waals surface area contributed by atoms with Gasteiger partial charge in [-0.15, -0.1) is 11.6 Å². The highest BCUT2D eigenvalue weighted by atomic mass is 35.5. The standard InChI is InChI=1S/C24H31ClFN6O7P/c1-5-36-23(34)14(2)31-40(35,39-16-9-7-6-8-10-16)37-12-24(11-25)19(33)17(26)22(38-24)32-13-28-18-20(27-4)29-15(3)30-21(18)32/h6-10,13-14,17,19,22,33H,5,11-12H2,1-4H3,(H,31,35)(H,27,29,30)/t14-,17+,19+,22-,24-,40-/m1/s1. The summed E-state index contributed by atoms with van der Waals surface area (Å²) in [6.45, 7) is 4.16. The van der Waals surface area contributed by atoms with Gasteiger partial charge in [0.05, 0.1) is 25.4 Å². The number of aliphatic hydroxyl groups excluding tert-OH is 1. The summed E-state index contributed by atoms with van der Waals surface area (Å²) >= 11 is 6.21. The molecule has 4 rings (SSSR count). The molecule has 1 aromatic carbocycles. The van der Waals surface area contributed by atoms with Crippen molar-refractivity contribution in [3.8, 4) is 5.75 Å². The molecule has 40 heavy (non-hydrogen) atoms. The van der Waals surface area contributed by atoms with Crippen LogP contribution in [0.2, 0.25) is 0 Å². The Morgan fingerprint density at radius 3 is 2.73 bits per heavy atom. The quantitative estimate of drug-likeness (QED) is 0.159. The van der Waals surface area contributed by atoms with Crippen molar-refractivity contribution in [2.75, 3.05) is 31.5 Å². The number of alkyl halides is 2. The Balaban J connectivity index is 1.61. The number of halogens is 2. The van der Waals surface area contributed by atoms with Gasteiger partial charge in [-0.05, 0) is 32.9 Å². The average molecular weight is 601 g/mol. The van der Waals surface area contributed by atoms with Crippen LogP contribution in [0, 0.1) is 6.92 Å². The topological polar surface area (TPSA) is 159 Å². The SMILES string of the molecule is CCOC(=O)[C@@H](C)N[P@@](=O)(OC[C@@]1(CCl)O[C@@H](n2cnc3c(NC)nc(C)nc32)[C@@H](F)[C@@H]1O)Oc1ccccc1. The van der Waals surface area contributed by atoms with Gasteiger partial charge in [-0.25, -0.2) is 23.9 Å². The molecule has 1 saturated heterocycles. The number of hydrogen-bond acceptors (Lipinski definition) is 11. The van der Waals surface area contributed by atoms with Crippen LogP contribution in [0.15, 0.2) is 36.7 Å². The summed E-state index contributed by atoms with van der Waals surface area (Å²) in [6, 6.07) is 7.00. The number of nitrogens with one attached hydrogen (secondary N) is 2. The zero-order chi connectivity index (χ0) is 29.1. The molecule has 0 radical (unpaired) electrons. The average Bonchev–Trinajstić information content (AvgIpc) is 3.46. The molecular weight excluding hydrogens is 570 g/mol. The molecule has 1 aliphatic rings.